The molecule has 8 heteroatoms. The van der Waals surface area contributed by atoms with Crippen LogP contribution in [0.4, 0.5) is 4.79 Å². The van der Waals surface area contributed by atoms with Crippen LogP contribution in [0.25, 0.3) is 0 Å². The maximum Gasteiger partial charge on any atom is 0.407 e. The third kappa shape index (κ3) is 6.82. The van der Waals surface area contributed by atoms with Gasteiger partial charge in [0.2, 0.25) is 5.91 Å². The molecule has 0 radical (unpaired) electrons. The van der Waals surface area contributed by atoms with Gasteiger partial charge in [-0.2, -0.15) is 0 Å². The van der Waals surface area contributed by atoms with Crippen molar-refractivity contribution < 1.29 is 24.2 Å². The van der Waals surface area contributed by atoms with Crippen molar-refractivity contribution in [2.24, 2.45) is 5.92 Å². The molecule has 2 unspecified atom stereocenters. The molecule has 0 aliphatic carbocycles. The predicted octanol–water partition coefficient (Wildman–Crippen LogP) is 3.76. The summed E-state index contributed by atoms with van der Waals surface area (Å²) in [6.07, 6.45) is -0.751. The van der Waals surface area contributed by atoms with Crippen LogP contribution in [0.2, 0.25) is 0 Å². The Morgan fingerprint density at radius 1 is 1.06 bits per heavy atom. The molecule has 1 aliphatic rings. The second-order valence-corrected chi connectivity index (χ2v) is 9.80. The largest absolute Gasteiger partial charge is 0.444 e. The molecule has 3 N–H and O–H groups in total. The van der Waals surface area contributed by atoms with Gasteiger partial charge in [0.05, 0.1) is 5.92 Å². The summed E-state index contributed by atoms with van der Waals surface area (Å²) in [6, 6.07) is 15.9. The quantitative estimate of drug-likeness (QED) is 0.473. The maximum atomic E-state index is 13.2. The Labute approximate surface area is 206 Å². The fourth-order valence-corrected chi connectivity index (χ4v) is 4.22. The first-order valence-corrected chi connectivity index (χ1v) is 12.0. The molecule has 3 atom stereocenters. The maximum absolute atomic E-state index is 13.2. The van der Waals surface area contributed by atoms with Crippen molar-refractivity contribution >= 4 is 17.9 Å². The fraction of sp³-hybridized carbons (Fsp3) is 0.444. The Morgan fingerprint density at radius 3 is 2.37 bits per heavy atom. The van der Waals surface area contributed by atoms with Crippen molar-refractivity contribution in [1.29, 1.82) is 0 Å². The van der Waals surface area contributed by atoms with E-state index in [0.29, 0.717) is 37.1 Å². The minimum atomic E-state index is -1.13. The van der Waals surface area contributed by atoms with E-state index in [1.165, 1.54) is 4.90 Å². The standard InChI is InChI=1S/C27H35N3O5/c1-18(23(31)29-17-19-11-6-5-7-12-19)22(15-10-16-28-26(34)35-27(2,3)4)30-24(32)20-13-8-9-14-21(20)25(30)33/h5-9,11-14,18,22,24,32H,10,15-17H2,1-4H3,(H,28,34)(H,29,31)/t18?,22-,24?/m0/s1. The van der Waals surface area contributed by atoms with Gasteiger partial charge in [-0.1, -0.05) is 55.5 Å². The van der Waals surface area contributed by atoms with Gasteiger partial charge in [0.1, 0.15) is 5.60 Å². The number of carbonyl (C=O) groups excluding carboxylic acids is 3. The van der Waals surface area contributed by atoms with Gasteiger partial charge in [-0.25, -0.2) is 4.79 Å². The molecule has 1 aliphatic heterocycles. The highest BCUT2D eigenvalue weighted by Gasteiger charge is 2.42. The monoisotopic (exact) mass is 481 g/mol. The van der Waals surface area contributed by atoms with E-state index in [1.54, 1.807) is 52.0 Å². The number of aliphatic hydroxyl groups excluding tert-OH is 1. The topological polar surface area (TPSA) is 108 Å². The molecule has 0 fully saturated rings. The van der Waals surface area contributed by atoms with Gasteiger partial charge in [-0.15, -0.1) is 0 Å². The average Bonchev–Trinajstić information content (AvgIpc) is 3.07. The molecule has 0 saturated carbocycles. The van der Waals surface area contributed by atoms with Crippen LogP contribution in [0.15, 0.2) is 54.6 Å². The van der Waals surface area contributed by atoms with Crippen LogP contribution in [0.5, 0.6) is 0 Å². The molecule has 0 spiro atoms. The van der Waals surface area contributed by atoms with E-state index in [0.717, 1.165) is 5.56 Å². The summed E-state index contributed by atoms with van der Waals surface area (Å²) in [5.74, 6) is -1.11. The minimum absolute atomic E-state index is 0.213. The summed E-state index contributed by atoms with van der Waals surface area (Å²) in [5, 5.41) is 16.6. The van der Waals surface area contributed by atoms with Crippen molar-refractivity contribution in [2.75, 3.05) is 6.54 Å². The molecule has 2 aromatic rings. The first-order chi connectivity index (χ1) is 16.6. The van der Waals surface area contributed by atoms with E-state index in [-0.39, 0.29) is 11.8 Å². The molecule has 35 heavy (non-hydrogen) atoms. The lowest BCUT2D eigenvalue weighted by Crippen LogP contribution is -2.47. The van der Waals surface area contributed by atoms with E-state index in [4.69, 9.17) is 4.74 Å². The molecule has 3 amide bonds. The number of fused-ring (bicyclic) bond motifs is 1. The number of carbonyl (C=O) groups is 3. The smallest absolute Gasteiger partial charge is 0.407 e. The number of ether oxygens (including phenoxy) is 1. The van der Waals surface area contributed by atoms with Gasteiger partial charge in [0.25, 0.3) is 5.91 Å². The zero-order valence-electron chi connectivity index (χ0n) is 20.8. The van der Waals surface area contributed by atoms with E-state index in [1.807, 2.05) is 30.3 Å². The van der Waals surface area contributed by atoms with E-state index >= 15 is 0 Å². The van der Waals surface area contributed by atoms with E-state index in [2.05, 4.69) is 10.6 Å². The van der Waals surface area contributed by atoms with Crippen molar-refractivity contribution in [3.05, 3.63) is 71.3 Å². The molecular formula is C27H35N3O5. The Balaban J connectivity index is 1.70. The zero-order chi connectivity index (χ0) is 25.6. The van der Waals surface area contributed by atoms with Gasteiger partial charge >= 0.3 is 6.09 Å². The second-order valence-electron chi connectivity index (χ2n) is 9.80. The number of benzene rings is 2. The average molecular weight is 482 g/mol. The van der Waals surface area contributed by atoms with Gasteiger partial charge in [-0.3, -0.25) is 9.59 Å². The summed E-state index contributed by atoms with van der Waals surface area (Å²) in [7, 11) is 0. The highest BCUT2D eigenvalue weighted by molar-refractivity contribution is 5.99. The molecule has 0 saturated heterocycles. The third-order valence-corrected chi connectivity index (χ3v) is 5.97. The Kier molecular flexibility index (Phi) is 8.51. The van der Waals surface area contributed by atoms with Crippen LogP contribution in [0, 0.1) is 5.92 Å². The van der Waals surface area contributed by atoms with Crippen LogP contribution < -0.4 is 10.6 Å². The van der Waals surface area contributed by atoms with Crippen molar-refractivity contribution in [3.63, 3.8) is 0 Å². The second kappa shape index (κ2) is 11.4. The number of alkyl carbamates (subject to hydrolysis) is 1. The molecule has 3 rings (SSSR count). The number of amides is 3. The number of aliphatic hydroxyl groups is 1. The Hall–Kier alpha value is -3.39. The molecule has 0 bridgehead atoms. The van der Waals surface area contributed by atoms with Gasteiger partial charge in [-0.05, 0) is 45.2 Å². The first-order valence-electron chi connectivity index (χ1n) is 12.0. The number of nitrogens with zero attached hydrogens (tertiary/aromatic N) is 1. The number of rotatable bonds is 9. The summed E-state index contributed by atoms with van der Waals surface area (Å²) in [4.78, 5) is 39.6. The van der Waals surface area contributed by atoms with Crippen molar-refractivity contribution in [2.45, 2.75) is 65.0 Å². The Morgan fingerprint density at radius 2 is 1.71 bits per heavy atom. The van der Waals surface area contributed by atoms with Gasteiger partial charge in [0, 0.05) is 30.3 Å². The Bertz CT molecular complexity index is 1030. The normalized spacial score (nSPS) is 16.9. The van der Waals surface area contributed by atoms with E-state index < -0.39 is 29.9 Å². The number of hydrogen-bond donors (Lipinski definition) is 3. The van der Waals surface area contributed by atoms with Crippen LogP contribution in [0.1, 0.15) is 68.2 Å². The highest BCUT2D eigenvalue weighted by atomic mass is 16.6. The van der Waals surface area contributed by atoms with Crippen molar-refractivity contribution in [3.8, 4) is 0 Å². The lowest BCUT2D eigenvalue weighted by atomic mass is 9.94. The summed E-state index contributed by atoms with van der Waals surface area (Å²) < 4.78 is 5.26. The molecular weight excluding hydrogens is 446 g/mol. The van der Waals surface area contributed by atoms with Gasteiger partial charge < -0.3 is 25.4 Å². The summed E-state index contributed by atoms with van der Waals surface area (Å²) in [6.45, 7) is 7.81. The molecule has 1 heterocycles. The molecule has 8 nitrogen and oxygen atoms in total. The number of nitrogens with one attached hydrogen (secondary N) is 2. The molecule has 2 aromatic carbocycles. The van der Waals surface area contributed by atoms with Crippen LogP contribution in [0.3, 0.4) is 0 Å². The van der Waals surface area contributed by atoms with Crippen LogP contribution in [-0.4, -0.2) is 46.1 Å². The van der Waals surface area contributed by atoms with Crippen LogP contribution >= 0.6 is 0 Å². The third-order valence-electron chi connectivity index (χ3n) is 5.97. The van der Waals surface area contributed by atoms with Crippen molar-refractivity contribution in [1.82, 2.24) is 15.5 Å². The lowest BCUT2D eigenvalue weighted by Gasteiger charge is -2.34. The fourth-order valence-electron chi connectivity index (χ4n) is 4.22. The summed E-state index contributed by atoms with van der Waals surface area (Å²) in [5.41, 5.74) is 1.34. The lowest BCUT2D eigenvalue weighted by molar-refractivity contribution is -0.127. The van der Waals surface area contributed by atoms with Gasteiger partial charge in [0.15, 0.2) is 6.23 Å². The van der Waals surface area contributed by atoms with E-state index in [9.17, 15) is 19.5 Å². The SMILES string of the molecule is CC(C(=O)NCc1ccccc1)[C@H](CCCNC(=O)OC(C)(C)C)N1C(=O)c2ccccc2C1O. The number of hydrogen-bond acceptors (Lipinski definition) is 5. The highest BCUT2D eigenvalue weighted by Crippen LogP contribution is 2.36. The molecule has 0 aromatic heterocycles. The predicted molar refractivity (Wildman–Crippen MR) is 132 cm³/mol. The first kappa shape index (κ1) is 26.2. The zero-order valence-corrected chi connectivity index (χ0v) is 20.8. The van der Waals surface area contributed by atoms with Crippen LogP contribution in [-0.2, 0) is 16.1 Å². The molecule has 188 valence electrons. The minimum Gasteiger partial charge on any atom is -0.444 e. The summed E-state index contributed by atoms with van der Waals surface area (Å²) >= 11 is 0.